The summed E-state index contributed by atoms with van der Waals surface area (Å²) in [5, 5.41) is 12.9. The number of benzene rings is 2. The van der Waals surface area contributed by atoms with Gasteiger partial charge >= 0.3 is 5.97 Å². The van der Waals surface area contributed by atoms with Crippen molar-refractivity contribution in [2.45, 2.75) is 19.0 Å². The third-order valence-electron chi connectivity index (χ3n) is 4.94. The topological polar surface area (TPSA) is 86.7 Å². The minimum atomic E-state index is -0.960. The van der Waals surface area contributed by atoms with Crippen LogP contribution in [-0.2, 0) is 20.9 Å². The predicted octanol–water partition coefficient (Wildman–Crippen LogP) is 3.79. The zero-order valence-electron chi connectivity index (χ0n) is 15.2. The van der Waals surface area contributed by atoms with Crippen LogP contribution >= 0.6 is 34.4 Å². The van der Waals surface area contributed by atoms with Gasteiger partial charge in [-0.15, -0.1) is 0 Å². The zero-order valence-corrected chi connectivity index (χ0v) is 18.2. The van der Waals surface area contributed by atoms with Crippen LogP contribution in [-0.4, -0.2) is 32.8 Å². The van der Waals surface area contributed by atoms with Gasteiger partial charge in [0.05, 0.1) is 0 Å². The fraction of sp³-hybridized carbons (Fsp3) is 0.190. The second kappa shape index (κ2) is 8.29. The molecule has 0 bridgehead atoms. The molecule has 1 unspecified atom stereocenters. The molecule has 8 heteroatoms. The summed E-state index contributed by atoms with van der Waals surface area (Å²) in [4.78, 5) is 38.2. The molecule has 0 amide bonds. The number of fused-ring (bicyclic) bond motifs is 1. The van der Waals surface area contributed by atoms with E-state index in [1.165, 1.54) is 0 Å². The number of carboxylic acid groups (broad SMARTS) is 1. The third-order valence-corrected chi connectivity index (χ3v) is 6.41. The number of carbonyl (C=O) groups is 3. The number of anilines is 1. The Balaban J connectivity index is 1.82. The van der Waals surface area contributed by atoms with E-state index in [9.17, 15) is 19.5 Å². The molecule has 2 aliphatic rings. The van der Waals surface area contributed by atoms with Crippen molar-refractivity contribution in [1.82, 2.24) is 4.90 Å². The summed E-state index contributed by atoms with van der Waals surface area (Å²) in [5.41, 5.74) is 3.45. The Morgan fingerprint density at radius 3 is 2.55 bits per heavy atom. The number of halogens is 1. The van der Waals surface area contributed by atoms with Gasteiger partial charge in [0.25, 0.3) is 0 Å². The summed E-state index contributed by atoms with van der Waals surface area (Å²) >= 11 is 2.93. The van der Waals surface area contributed by atoms with Crippen LogP contribution in [0.4, 0.5) is 5.69 Å². The summed E-state index contributed by atoms with van der Waals surface area (Å²) in [5.74, 6) is -0.960. The molecule has 0 aliphatic carbocycles. The molecule has 0 aromatic heterocycles. The van der Waals surface area contributed by atoms with Crippen molar-refractivity contribution >= 4 is 56.2 Å². The molecule has 2 aromatic rings. The van der Waals surface area contributed by atoms with E-state index in [0.29, 0.717) is 35.1 Å². The molecule has 4 rings (SSSR count). The van der Waals surface area contributed by atoms with Crippen LogP contribution in [0.5, 0.6) is 0 Å². The van der Waals surface area contributed by atoms with Gasteiger partial charge in [-0.05, 0) is 63.7 Å². The zero-order chi connectivity index (χ0) is 20.5. The van der Waals surface area contributed by atoms with Crippen molar-refractivity contribution in [3.63, 3.8) is 0 Å². The molecule has 1 saturated heterocycles. The van der Waals surface area contributed by atoms with Crippen LogP contribution in [0.3, 0.4) is 0 Å². The molecular weight excluding hydrogens is 503 g/mol. The van der Waals surface area contributed by atoms with Crippen LogP contribution in [0.15, 0.2) is 59.8 Å². The Bertz CT molecular complexity index is 1040. The molecule has 2 aromatic carbocycles. The first kappa shape index (κ1) is 20.1. The lowest BCUT2D eigenvalue weighted by atomic mass is 10.0. The number of rotatable bonds is 3. The van der Waals surface area contributed by atoms with Crippen molar-refractivity contribution in [1.29, 1.82) is 0 Å². The minimum Gasteiger partial charge on any atom is -0.480 e. The molecule has 2 heterocycles. The Labute approximate surface area is 185 Å². The van der Waals surface area contributed by atoms with Gasteiger partial charge in [-0.1, -0.05) is 30.3 Å². The highest BCUT2D eigenvalue weighted by atomic mass is 127. The predicted molar refractivity (Wildman–Crippen MR) is 119 cm³/mol. The maximum absolute atomic E-state index is 12.4. The number of hydrogen-bond donors (Lipinski definition) is 2. The maximum atomic E-state index is 12.4. The monoisotopic (exact) mass is 520 g/mol. The molecule has 0 saturated carbocycles. The van der Waals surface area contributed by atoms with Crippen molar-refractivity contribution in [3.8, 4) is 0 Å². The molecule has 0 spiro atoms. The van der Waals surface area contributed by atoms with Gasteiger partial charge in [0, 0.05) is 40.0 Å². The van der Waals surface area contributed by atoms with Crippen LogP contribution < -0.4 is 5.32 Å². The molecule has 2 N–H and O–H groups in total. The van der Waals surface area contributed by atoms with E-state index in [4.69, 9.17) is 0 Å². The van der Waals surface area contributed by atoms with Gasteiger partial charge in [-0.25, -0.2) is 0 Å². The first-order valence-electron chi connectivity index (χ1n) is 8.96. The van der Waals surface area contributed by atoms with E-state index in [-0.39, 0.29) is 23.2 Å². The summed E-state index contributed by atoms with van der Waals surface area (Å²) in [6.45, 7) is 0.628. The van der Waals surface area contributed by atoms with Gasteiger partial charge in [-0.3, -0.25) is 19.3 Å². The molecule has 2 aliphatic heterocycles. The van der Waals surface area contributed by atoms with Crippen molar-refractivity contribution < 1.29 is 19.5 Å². The van der Waals surface area contributed by atoms with Gasteiger partial charge in [0.2, 0.25) is 10.2 Å². The third kappa shape index (κ3) is 4.24. The smallest absolute Gasteiger partial charge is 0.325 e. The van der Waals surface area contributed by atoms with Crippen molar-refractivity contribution in [2.75, 3.05) is 11.9 Å². The minimum absolute atomic E-state index is 0.0580. The quantitative estimate of drug-likeness (QED) is 0.471. The Kier molecular flexibility index (Phi) is 5.75. The second-order valence-electron chi connectivity index (χ2n) is 6.88. The number of nitrogens with zero attached hydrogens (tertiary/aromatic N) is 1. The van der Waals surface area contributed by atoms with Crippen molar-refractivity contribution in [3.05, 3.63) is 74.5 Å². The van der Waals surface area contributed by atoms with E-state index < -0.39 is 12.0 Å². The molecule has 1 fully saturated rings. The van der Waals surface area contributed by atoms with E-state index in [1.54, 1.807) is 12.1 Å². The molecule has 148 valence electrons. The van der Waals surface area contributed by atoms with E-state index in [0.717, 1.165) is 14.8 Å². The van der Waals surface area contributed by atoms with Gasteiger partial charge in [0.1, 0.15) is 6.04 Å². The number of hydrogen-bond acceptors (Lipinski definition) is 6. The lowest BCUT2D eigenvalue weighted by molar-refractivity contribution is -0.143. The highest BCUT2D eigenvalue weighted by Crippen LogP contribution is 2.35. The molecular formula is C21H17IN2O4S. The molecule has 29 heavy (non-hydrogen) atoms. The summed E-state index contributed by atoms with van der Waals surface area (Å²) in [7, 11) is 0. The summed E-state index contributed by atoms with van der Waals surface area (Å²) in [6, 6.07) is 14.1. The van der Waals surface area contributed by atoms with E-state index in [2.05, 4.69) is 27.9 Å². The molecule has 1 atom stereocenters. The van der Waals surface area contributed by atoms with Gasteiger partial charge in [0.15, 0.2) is 0 Å². The van der Waals surface area contributed by atoms with E-state index >= 15 is 0 Å². The Hall–Kier alpha value is -2.17. The second-order valence-corrected chi connectivity index (χ2v) is 9.15. The Morgan fingerprint density at radius 1 is 1.14 bits per heavy atom. The average molecular weight is 520 g/mol. The van der Waals surface area contributed by atoms with Crippen LogP contribution in [0, 0.1) is 3.57 Å². The highest BCUT2D eigenvalue weighted by Gasteiger charge is 2.35. The first-order chi connectivity index (χ1) is 13.9. The molecule has 6 nitrogen and oxygen atoms in total. The number of nitrogens with one attached hydrogen (secondary N) is 1. The highest BCUT2D eigenvalue weighted by molar-refractivity contribution is 14.1. The first-order valence-corrected chi connectivity index (χ1v) is 10.9. The lowest BCUT2D eigenvalue weighted by Gasteiger charge is -2.28. The lowest BCUT2D eigenvalue weighted by Crippen LogP contribution is -2.35. The maximum Gasteiger partial charge on any atom is 0.325 e. The molecule has 0 radical (unpaired) electrons. The van der Waals surface area contributed by atoms with Crippen LogP contribution in [0.25, 0.3) is 0 Å². The van der Waals surface area contributed by atoms with Gasteiger partial charge in [-0.2, -0.15) is 0 Å². The fourth-order valence-corrected chi connectivity index (χ4v) is 4.94. The normalized spacial score (nSPS) is 20.7. The number of carbonyl (C=O) groups excluding carboxylic acids is 2. The van der Waals surface area contributed by atoms with E-state index in [1.807, 2.05) is 41.3 Å². The number of aliphatic carboxylic acids is 1. The Morgan fingerprint density at radius 2 is 1.90 bits per heavy atom. The summed E-state index contributed by atoms with van der Waals surface area (Å²) in [6.07, 6.45) is 0.0580. The standard InChI is InChI=1S/C21H17IN2O4S/c22-14-6-7-16-13(8-14)10-24(19(20(26)27)12-4-2-1-3-5-12)11-17(23-16)15-9-18(25)29-21(15)28/h1-8,19,23H,9-11H2,(H,26,27). The van der Waals surface area contributed by atoms with Crippen LogP contribution in [0.2, 0.25) is 0 Å². The SMILES string of the molecule is O=C1CC(=C2CN(C(C(=O)O)c3ccccc3)Cc3cc(I)ccc3N2)C(=O)S1. The largest absolute Gasteiger partial charge is 0.480 e. The summed E-state index contributed by atoms with van der Waals surface area (Å²) < 4.78 is 1.04. The number of thioether (sulfide) groups is 1. The number of carboxylic acids is 1. The fourth-order valence-electron chi connectivity index (χ4n) is 3.64. The van der Waals surface area contributed by atoms with Crippen LogP contribution in [0.1, 0.15) is 23.6 Å². The van der Waals surface area contributed by atoms with Gasteiger partial charge < -0.3 is 10.4 Å². The van der Waals surface area contributed by atoms with Crippen molar-refractivity contribution in [2.24, 2.45) is 0 Å². The average Bonchev–Trinajstić information content (AvgIpc) is 2.91.